The molecule has 2 unspecified atom stereocenters. The monoisotopic (exact) mass is 286 g/mol. The molecule has 0 radical (unpaired) electrons. The van der Waals surface area contributed by atoms with Crippen molar-refractivity contribution in [1.29, 1.82) is 0 Å². The highest BCUT2D eigenvalue weighted by atomic mass is 16.2. The summed E-state index contributed by atoms with van der Waals surface area (Å²) in [6.07, 6.45) is 3.21. The lowest BCUT2D eigenvalue weighted by atomic mass is 9.63. The maximum atomic E-state index is 12.4. The number of carbonyl (C=O) groups excluding carboxylic acids is 2. The van der Waals surface area contributed by atoms with E-state index in [1.165, 1.54) is 5.56 Å². The highest BCUT2D eigenvalue weighted by Gasteiger charge is 2.49. The summed E-state index contributed by atoms with van der Waals surface area (Å²) in [5, 5.41) is 2.54. The number of rotatable bonds is 2. The molecule has 2 heterocycles. The lowest BCUT2D eigenvalue weighted by Gasteiger charge is -2.48. The van der Waals surface area contributed by atoms with E-state index in [1.807, 2.05) is 18.2 Å². The molecule has 2 fully saturated rings. The Morgan fingerprint density at radius 2 is 2.05 bits per heavy atom. The molecule has 1 N–H and O–H groups in total. The van der Waals surface area contributed by atoms with Crippen LogP contribution in [0, 0.1) is 11.3 Å². The van der Waals surface area contributed by atoms with E-state index in [2.05, 4.69) is 29.4 Å². The first-order chi connectivity index (χ1) is 10.1. The number of amides is 2. The third kappa shape index (κ3) is 2.86. The lowest BCUT2D eigenvalue weighted by Crippen LogP contribution is -2.58. The molecule has 3 rings (SSSR count). The van der Waals surface area contributed by atoms with Crippen LogP contribution in [0.4, 0.5) is 0 Å². The molecule has 1 aromatic carbocycles. The fraction of sp³-hybridized carbons (Fsp3) is 0.529. The number of nitrogens with zero attached hydrogens (tertiary/aromatic N) is 1. The summed E-state index contributed by atoms with van der Waals surface area (Å²) in [5.74, 6) is -0.314. The van der Waals surface area contributed by atoms with E-state index in [9.17, 15) is 9.59 Å². The van der Waals surface area contributed by atoms with E-state index in [0.29, 0.717) is 12.8 Å². The van der Waals surface area contributed by atoms with Crippen molar-refractivity contribution in [2.75, 3.05) is 20.1 Å². The standard InChI is InChI=1S/C17H22N2O2/c1-19-9-5-8-17(12-19)11-15(20)18-16(21)14(17)10-13-6-3-2-4-7-13/h2-4,6-7,14H,5,8-12H2,1H3,(H,18,20,21). The average molecular weight is 286 g/mol. The summed E-state index contributed by atoms with van der Waals surface area (Å²) in [5.41, 5.74) is 0.974. The SMILES string of the molecule is CN1CCCC2(CC(=O)NC(=O)C2Cc2ccccc2)C1. The minimum absolute atomic E-state index is 0.0922. The topological polar surface area (TPSA) is 49.4 Å². The summed E-state index contributed by atoms with van der Waals surface area (Å²) < 4.78 is 0. The van der Waals surface area contributed by atoms with E-state index in [1.54, 1.807) is 0 Å². The second kappa shape index (κ2) is 5.60. The fourth-order valence-electron chi connectivity index (χ4n) is 3.97. The molecular formula is C17H22N2O2. The van der Waals surface area contributed by atoms with Crippen molar-refractivity contribution in [2.45, 2.75) is 25.7 Å². The van der Waals surface area contributed by atoms with Crippen LogP contribution in [0.25, 0.3) is 0 Å². The van der Waals surface area contributed by atoms with E-state index in [4.69, 9.17) is 0 Å². The van der Waals surface area contributed by atoms with Gasteiger partial charge in [0.2, 0.25) is 11.8 Å². The third-order valence-electron chi connectivity index (χ3n) is 4.91. The van der Waals surface area contributed by atoms with Gasteiger partial charge in [-0.2, -0.15) is 0 Å². The van der Waals surface area contributed by atoms with Crippen LogP contribution < -0.4 is 5.32 Å². The molecule has 2 atom stereocenters. The normalized spacial score (nSPS) is 30.4. The van der Waals surface area contributed by atoms with Crippen molar-refractivity contribution in [3.63, 3.8) is 0 Å². The van der Waals surface area contributed by atoms with Crippen LogP contribution in [0.3, 0.4) is 0 Å². The summed E-state index contributed by atoms with van der Waals surface area (Å²) >= 11 is 0. The molecule has 4 nitrogen and oxygen atoms in total. The molecule has 2 aliphatic rings. The molecule has 112 valence electrons. The van der Waals surface area contributed by atoms with Gasteiger partial charge in [0.05, 0.1) is 0 Å². The minimum Gasteiger partial charge on any atom is -0.306 e. The number of hydrogen-bond acceptors (Lipinski definition) is 3. The number of carbonyl (C=O) groups is 2. The molecular weight excluding hydrogens is 264 g/mol. The second-order valence-corrected chi connectivity index (χ2v) is 6.54. The van der Waals surface area contributed by atoms with Gasteiger partial charge in [-0.1, -0.05) is 30.3 Å². The zero-order chi connectivity index (χ0) is 14.9. The Bertz CT molecular complexity index is 543. The van der Waals surface area contributed by atoms with Gasteiger partial charge in [-0.3, -0.25) is 14.9 Å². The van der Waals surface area contributed by atoms with Crippen LogP contribution in [0.2, 0.25) is 0 Å². The summed E-state index contributed by atoms with van der Waals surface area (Å²) in [6.45, 7) is 1.89. The molecule has 21 heavy (non-hydrogen) atoms. The van der Waals surface area contributed by atoms with Crippen LogP contribution in [-0.2, 0) is 16.0 Å². The highest BCUT2D eigenvalue weighted by Crippen LogP contribution is 2.43. The number of piperidine rings is 2. The molecule has 4 heteroatoms. The molecule has 0 bridgehead atoms. The number of imide groups is 1. The van der Waals surface area contributed by atoms with Gasteiger partial charge in [-0.25, -0.2) is 0 Å². The first kappa shape index (κ1) is 14.3. The molecule has 0 saturated carbocycles. The number of likely N-dealkylation sites (tertiary alicyclic amines) is 1. The quantitative estimate of drug-likeness (QED) is 0.840. The van der Waals surface area contributed by atoms with Gasteiger partial charge >= 0.3 is 0 Å². The lowest BCUT2D eigenvalue weighted by molar-refractivity contribution is -0.146. The molecule has 0 aliphatic carbocycles. The molecule has 2 amide bonds. The fourth-order valence-corrected chi connectivity index (χ4v) is 3.97. The Morgan fingerprint density at radius 3 is 2.76 bits per heavy atom. The van der Waals surface area contributed by atoms with Gasteiger partial charge < -0.3 is 4.90 Å². The van der Waals surface area contributed by atoms with Crippen molar-refractivity contribution in [1.82, 2.24) is 10.2 Å². The van der Waals surface area contributed by atoms with Crippen LogP contribution in [-0.4, -0.2) is 36.9 Å². The van der Waals surface area contributed by atoms with E-state index in [-0.39, 0.29) is 23.1 Å². The zero-order valence-electron chi connectivity index (χ0n) is 12.5. The van der Waals surface area contributed by atoms with Gasteiger partial charge in [0, 0.05) is 24.3 Å². The first-order valence-corrected chi connectivity index (χ1v) is 7.65. The second-order valence-electron chi connectivity index (χ2n) is 6.54. The van der Waals surface area contributed by atoms with E-state index < -0.39 is 0 Å². The third-order valence-corrected chi connectivity index (χ3v) is 4.91. The Hall–Kier alpha value is -1.68. The van der Waals surface area contributed by atoms with Crippen LogP contribution in [0.1, 0.15) is 24.8 Å². The van der Waals surface area contributed by atoms with Crippen molar-refractivity contribution >= 4 is 11.8 Å². The van der Waals surface area contributed by atoms with Crippen LogP contribution >= 0.6 is 0 Å². The molecule has 1 aromatic rings. The van der Waals surface area contributed by atoms with Gasteiger partial charge in [0.25, 0.3) is 0 Å². The Balaban J connectivity index is 1.89. The van der Waals surface area contributed by atoms with Gasteiger partial charge in [-0.15, -0.1) is 0 Å². The molecule has 1 spiro atoms. The number of benzene rings is 1. The van der Waals surface area contributed by atoms with Crippen molar-refractivity contribution in [2.24, 2.45) is 11.3 Å². The maximum absolute atomic E-state index is 12.4. The highest BCUT2D eigenvalue weighted by molar-refractivity contribution is 5.99. The minimum atomic E-state index is -0.192. The molecule has 2 aliphatic heterocycles. The van der Waals surface area contributed by atoms with E-state index >= 15 is 0 Å². The van der Waals surface area contributed by atoms with Gasteiger partial charge in [0.1, 0.15) is 0 Å². The predicted octanol–water partition coefficient (Wildman–Crippen LogP) is 1.60. The Morgan fingerprint density at radius 1 is 1.29 bits per heavy atom. The van der Waals surface area contributed by atoms with Crippen LogP contribution in [0.15, 0.2) is 30.3 Å². The van der Waals surface area contributed by atoms with Crippen molar-refractivity contribution in [3.05, 3.63) is 35.9 Å². The predicted molar refractivity (Wildman–Crippen MR) is 80.6 cm³/mol. The average Bonchev–Trinajstić information content (AvgIpc) is 2.44. The van der Waals surface area contributed by atoms with Crippen molar-refractivity contribution in [3.8, 4) is 0 Å². The largest absolute Gasteiger partial charge is 0.306 e. The molecule has 0 aromatic heterocycles. The van der Waals surface area contributed by atoms with Gasteiger partial charge in [-0.05, 0) is 38.4 Å². The van der Waals surface area contributed by atoms with Crippen molar-refractivity contribution < 1.29 is 9.59 Å². The summed E-state index contributed by atoms with van der Waals surface area (Å²) in [6, 6.07) is 10.1. The molecule has 2 saturated heterocycles. The van der Waals surface area contributed by atoms with Gasteiger partial charge in [0.15, 0.2) is 0 Å². The number of nitrogens with one attached hydrogen (secondary N) is 1. The Kier molecular flexibility index (Phi) is 3.81. The number of hydrogen-bond donors (Lipinski definition) is 1. The summed E-state index contributed by atoms with van der Waals surface area (Å²) in [4.78, 5) is 26.6. The maximum Gasteiger partial charge on any atom is 0.230 e. The smallest absolute Gasteiger partial charge is 0.230 e. The van der Waals surface area contributed by atoms with E-state index in [0.717, 1.165) is 25.9 Å². The first-order valence-electron chi connectivity index (χ1n) is 7.65. The van der Waals surface area contributed by atoms with Crippen LogP contribution in [0.5, 0.6) is 0 Å². The summed E-state index contributed by atoms with van der Waals surface area (Å²) in [7, 11) is 2.08. The zero-order valence-corrected chi connectivity index (χ0v) is 12.5. The Labute approximate surface area is 125 Å².